The highest BCUT2D eigenvalue weighted by Gasteiger charge is 2.31. The van der Waals surface area contributed by atoms with Crippen LogP contribution in [0.25, 0.3) is 11.3 Å². The average Bonchev–Trinajstić information content (AvgIpc) is 3.27. The molecule has 6 heteroatoms. The number of nitrogens with zero attached hydrogens (tertiary/aromatic N) is 3. The van der Waals surface area contributed by atoms with Crippen LogP contribution >= 0.6 is 11.3 Å². The van der Waals surface area contributed by atoms with E-state index in [0.717, 1.165) is 36.8 Å². The lowest BCUT2D eigenvalue weighted by atomic mass is 9.69. The zero-order chi connectivity index (χ0) is 22.0. The van der Waals surface area contributed by atoms with Crippen molar-refractivity contribution < 1.29 is 10.2 Å². The fraction of sp³-hybridized carbons (Fsp3) is 0.640. The Balaban J connectivity index is 1.46. The van der Waals surface area contributed by atoms with Crippen LogP contribution in [0.3, 0.4) is 0 Å². The molecule has 2 heterocycles. The Bertz CT molecular complexity index is 867. The van der Waals surface area contributed by atoms with E-state index in [0.29, 0.717) is 25.0 Å². The summed E-state index contributed by atoms with van der Waals surface area (Å²) in [5, 5.41) is 21.9. The van der Waals surface area contributed by atoms with Gasteiger partial charge in [-0.05, 0) is 54.2 Å². The van der Waals surface area contributed by atoms with Gasteiger partial charge >= 0.3 is 0 Å². The fourth-order valence-electron chi connectivity index (χ4n) is 5.30. The Morgan fingerprint density at radius 3 is 2.52 bits per heavy atom. The molecule has 0 spiro atoms. The number of benzene rings is 1. The highest BCUT2D eigenvalue weighted by atomic mass is 32.1. The van der Waals surface area contributed by atoms with Crippen molar-refractivity contribution >= 4 is 16.5 Å². The van der Waals surface area contributed by atoms with E-state index >= 15 is 0 Å². The van der Waals surface area contributed by atoms with Crippen molar-refractivity contribution in [3.8, 4) is 11.3 Å². The number of hydrogen-bond donors (Lipinski definition) is 2. The Hall–Kier alpha value is -1.47. The van der Waals surface area contributed by atoms with Crippen LogP contribution < -0.4 is 4.90 Å². The predicted molar refractivity (Wildman–Crippen MR) is 129 cm³/mol. The molecular weight excluding hydrogens is 406 g/mol. The van der Waals surface area contributed by atoms with Crippen molar-refractivity contribution in [1.82, 2.24) is 9.88 Å². The lowest BCUT2D eigenvalue weighted by Crippen LogP contribution is -2.46. The second-order valence-corrected chi connectivity index (χ2v) is 10.7. The molecule has 1 aliphatic heterocycles. The lowest BCUT2D eigenvalue weighted by molar-refractivity contribution is 0.108. The maximum Gasteiger partial charge on any atom is 0.185 e. The van der Waals surface area contributed by atoms with E-state index < -0.39 is 0 Å². The molecule has 1 aromatic carbocycles. The molecule has 0 saturated carbocycles. The van der Waals surface area contributed by atoms with Crippen LogP contribution in [0, 0.1) is 0 Å². The van der Waals surface area contributed by atoms with Gasteiger partial charge in [-0.25, -0.2) is 4.98 Å². The van der Waals surface area contributed by atoms with Gasteiger partial charge in [0.25, 0.3) is 0 Å². The van der Waals surface area contributed by atoms with Gasteiger partial charge in [-0.15, -0.1) is 11.3 Å². The Kier molecular flexibility index (Phi) is 7.01. The molecule has 1 unspecified atom stereocenters. The van der Waals surface area contributed by atoms with E-state index in [4.69, 9.17) is 4.98 Å². The van der Waals surface area contributed by atoms with Gasteiger partial charge in [-0.1, -0.05) is 32.9 Å². The zero-order valence-corrected chi connectivity index (χ0v) is 20.0. The second kappa shape index (κ2) is 9.57. The largest absolute Gasteiger partial charge is 0.395 e. The molecule has 1 aromatic heterocycles. The Morgan fingerprint density at radius 2 is 1.84 bits per heavy atom. The molecule has 0 radical (unpaired) electrons. The van der Waals surface area contributed by atoms with Crippen LogP contribution in [0.2, 0.25) is 0 Å². The number of aliphatic hydroxyl groups excluding tert-OH is 2. The molecule has 5 nitrogen and oxygen atoms in total. The Morgan fingerprint density at radius 1 is 1.13 bits per heavy atom. The molecule has 2 N–H and O–H groups in total. The highest BCUT2D eigenvalue weighted by molar-refractivity contribution is 7.14. The molecule has 1 fully saturated rings. The predicted octanol–water partition coefficient (Wildman–Crippen LogP) is 4.24. The zero-order valence-electron chi connectivity index (χ0n) is 19.2. The van der Waals surface area contributed by atoms with Crippen molar-refractivity contribution in [2.75, 3.05) is 44.3 Å². The van der Waals surface area contributed by atoms with Crippen LogP contribution in [0.5, 0.6) is 0 Å². The number of fused-ring (bicyclic) bond motifs is 1. The van der Waals surface area contributed by atoms with Crippen LogP contribution in [-0.2, 0) is 5.41 Å². The summed E-state index contributed by atoms with van der Waals surface area (Å²) >= 11 is 1.74. The smallest absolute Gasteiger partial charge is 0.185 e. The highest BCUT2D eigenvalue weighted by Crippen LogP contribution is 2.44. The lowest BCUT2D eigenvalue weighted by Gasteiger charge is -2.38. The molecule has 2 aliphatic rings. The fourth-order valence-corrected chi connectivity index (χ4v) is 6.19. The molecular formula is C25H37N3O2S. The summed E-state index contributed by atoms with van der Waals surface area (Å²) in [6, 6.07) is 7.40. The molecule has 2 aromatic rings. The van der Waals surface area contributed by atoms with Crippen molar-refractivity contribution in [3.05, 3.63) is 34.7 Å². The van der Waals surface area contributed by atoms with Crippen molar-refractivity contribution in [1.29, 1.82) is 0 Å². The van der Waals surface area contributed by atoms with Gasteiger partial charge in [-0.3, -0.25) is 4.90 Å². The van der Waals surface area contributed by atoms with Gasteiger partial charge in [0.15, 0.2) is 5.13 Å². The minimum Gasteiger partial charge on any atom is -0.395 e. The number of rotatable bonds is 7. The minimum absolute atomic E-state index is 0.145. The van der Waals surface area contributed by atoms with Crippen LogP contribution in [0.1, 0.15) is 63.5 Å². The number of anilines is 1. The minimum atomic E-state index is 0.145. The SMILES string of the molecule is CC1CCC(C)(C)c2cc(-c3csc(N4CCC(N(CCO)CCO)CC4)n3)ccc21. The molecule has 1 atom stereocenters. The van der Waals surface area contributed by atoms with Crippen LogP contribution in [-0.4, -0.2) is 65.5 Å². The molecule has 1 aliphatic carbocycles. The van der Waals surface area contributed by atoms with E-state index in [9.17, 15) is 10.2 Å². The summed E-state index contributed by atoms with van der Waals surface area (Å²) in [5.74, 6) is 0.639. The molecule has 170 valence electrons. The van der Waals surface area contributed by atoms with E-state index in [1.807, 2.05) is 0 Å². The monoisotopic (exact) mass is 443 g/mol. The summed E-state index contributed by atoms with van der Waals surface area (Å²) in [7, 11) is 0. The van der Waals surface area contributed by atoms with E-state index in [2.05, 4.69) is 54.2 Å². The maximum atomic E-state index is 9.31. The number of aliphatic hydroxyl groups is 2. The maximum absolute atomic E-state index is 9.31. The summed E-state index contributed by atoms with van der Waals surface area (Å²) in [4.78, 5) is 9.63. The van der Waals surface area contributed by atoms with Crippen molar-refractivity contribution in [3.63, 3.8) is 0 Å². The van der Waals surface area contributed by atoms with Crippen molar-refractivity contribution in [2.45, 2.75) is 63.8 Å². The number of piperidine rings is 1. The summed E-state index contributed by atoms with van der Waals surface area (Å²) in [6.07, 6.45) is 4.59. The second-order valence-electron chi connectivity index (χ2n) is 9.84. The van der Waals surface area contributed by atoms with Crippen LogP contribution in [0.15, 0.2) is 23.6 Å². The first-order chi connectivity index (χ1) is 14.9. The average molecular weight is 444 g/mol. The van der Waals surface area contributed by atoms with Gasteiger partial charge < -0.3 is 15.1 Å². The number of aromatic nitrogens is 1. The summed E-state index contributed by atoms with van der Waals surface area (Å²) in [6.45, 7) is 10.6. The first-order valence-electron chi connectivity index (χ1n) is 11.7. The molecule has 1 saturated heterocycles. The number of thiazole rings is 1. The summed E-state index contributed by atoms with van der Waals surface area (Å²) < 4.78 is 0. The molecule has 31 heavy (non-hydrogen) atoms. The first kappa shape index (κ1) is 22.7. The van der Waals surface area contributed by atoms with E-state index in [1.165, 1.54) is 29.5 Å². The third kappa shape index (κ3) is 4.82. The van der Waals surface area contributed by atoms with Gasteiger partial charge in [-0.2, -0.15) is 0 Å². The van der Waals surface area contributed by atoms with Crippen molar-refractivity contribution in [2.24, 2.45) is 0 Å². The molecule has 0 amide bonds. The van der Waals surface area contributed by atoms with Gasteiger partial charge in [0.2, 0.25) is 0 Å². The van der Waals surface area contributed by atoms with Gasteiger partial charge in [0, 0.05) is 43.2 Å². The van der Waals surface area contributed by atoms with E-state index in [1.54, 1.807) is 11.3 Å². The third-order valence-corrected chi connectivity index (χ3v) is 8.23. The standard InChI is InChI=1S/C25H37N3O2S/c1-18-6-9-25(2,3)22-16-19(4-5-21(18)22)23-17-31-24(26-23)28-10-7-20(8-11-28)27(12-14-29)13-15-30/h4-5,16-18,20,29-30H,6-15H2,1-3H3. The normalized spacial score (nSPS) is 21.5. The van der Waals surface area contributed by atoms with E-state index in [-0.39, 0.29) is 18.6 Å². The van der Waals surface area contributed by atoms with Gasteiger partial charge in [0.1, 0.15) is 0 Å². The number of hydrogen-bond acceptors (Lipinski definition) is 6. The first-order valence-corrected chi connectivity index (χ1v) is 12.6. The van der Waals surface area contributed by atoms with Gasteiger partial charge in [0.05, 0.1) is 18.9 Å². The topological polar surface area (TPSA) is 59.8 Å². The molecule has 4 rings (SSSR count). The molecule has 0 bridgehead atoms. The summed E-state index contributed by atoms with van der Waals surface area (Å²) in [5.41, 5.74) is 5.55. The third-order valence-electron chi connectivity index (χ3n) is 7.33. The Labute approximate surface area is 190 Å². The quantitative estimate of drug-likeness (QED) is 0.670. The van der Waals surface area contributed by atoms with Crippen LogP contribution in [0.4, 0.5) is 5.13 Å².